The number of rotatable bonds is 6. The lowest BCUT2D eigenvalue weighted by Crippen LogP contribution is -2.18. The van der Waals surface area contributed by atoms with Gasteiger partial charge < -0.3 is 14.6 Å². The fraction of sp³-hybridized carbons (Fsp3) is 0.636. The molecule has 0 aromatic carbocycles. The number of nitrogens with one attached hydrogen (secondary N) is 1. The monoisotopic (exact) mass is 196 g/mol. The van der Waals surface area contributed by atoms with Gasteiger partial charge in [0.25, 0.3) is 0 Å². The maximum atomic E-state index is 5.42. The van der Waals surface area contributed by atoms with Crippen LogP contribution < -0.4 is 5.32 Å². The molecule has 0 fully saturated rings. The highest BCUT2D eigenvalue weighted by Gasteiger charge is 2.06. The highest BCUT2D eigenvalue weighted by Crippen LogP contribution is 2.12. The van der Waals surface area contributed by atoms with Crippen molar-refractivity contribution in [3.8, 4) is 0 Å². The first-order valence-corrected chi connectivity index (χ1v) is 5.22. The molecule has 0 spiro atoms. The van der Waals surface area contributed by atoms with E-state index in [2.05, 4.69) is 37.2 Å². The van der Waals surface area contributed by atoms with Crippen molar-refractivity contribution in [1.29, 1.82) is 0 Å². The largest absolute Gasteiger partial charge is 0.468 e. The summed E-state index contributed by atoms with van der Waals surface area (Å²) in [5.74, 6) is 1.06. The Bertz CT molecular complexity index is 258. The average molecular weight is 196 g/mol. The summed E-state index contributed by atoms with van der Waals surface area (Å²) in [6.07, 6.45) is 1.77. The quantitative estimate of drug-likeness (QED) is 0.752. The third-order valence-corrected chi connectivity index (χ3v) is 2.35. The first kappa shape index (κ1) is 11.3. The number of nitrogens with zero attached hydrogens (tertiary/aromatic N) is 1. The first-order chi connectivity index (χ1) is 6.77. The second-order valence-electron chi connectivity index (χ2n) is 3.48. The Labute approximate surface area is 86.1 Å². The lowest BCUT2D eigenvalue weighted by Gasteiger charge is -2.13. The molecule has 1 N–H and O–H groups in total. The van der Waals surface area contributed by atoms with Crippen LogP contribution in [0.15, 0.2) is 16.7 Å². The Kier molecular flexibility index (Phi) is 4.70. The van der Waals surface area contributed by atoms with Gasteiger partial charge in [-0.15, -0.1) is 0 Å². The molecule has 0 aliphatic heterocycles. The molecule has 1 aromatic heterocycles. The Morgan fingerprint density at radius 3 is 2.86 bits per heavy atom. The minimum Gasteiger partial charge on any atom is -0.468 e. The molecule has 0 aliphatic rings. The van der Waals surface area contributed by atoms with Gasteiger partial charge in [-0.05, 0) is 26.2 Å². The number of hydrogen-bond donors (Lipinski definition) is 1. The summed E-state index contributed by atoms with van der Waals surface area (Å²) in [6.45, 7) is 8.09. The van der Waals surface area contributed by atoms with Crippen molar-refractivity contribution in [3.05, 3.63) is 23.7 Å². The highest BCUT2D eigenvalue weighted by molar-refractivity contribution is 5.16. The number of hydrogen-bond acceptors (Lipinski definition) is 3. The van der Waals surface area contributed by atoms with Crippen LogP contribution in [-0.2, 0) is 13.1 Å². The highest BCUT2D eigenvalue weighted by atomic mass is 16.3. The predicted octanol–water partition coefficient (Wildman–Crippen LogP) is 1.84. The molecule has 3 heteroatoms. The van der Waals surface area contributed by atoms with Gasteiger partial charge in [0, 0.05) is 12.1 Å². The normalized spacial score (nSPS) is 11.1. The summed E-state index contributed by atoms with van der Waals surface area (Å²) in [4.78, 5) is 2.26. The van der Waals surface area contributed by atoms with Crippen molar-refractivity contribution in [2.24, 2.45) is 0 Å². The molecule has 0 atom stereocenters. The van der Waals surface area contributed by atoms with Crippen LogP contribution in [0.5, 0.6) is 0 Å². The van der Waals surface area contributed by atoms with E-state index in [1.54, 1.807) is 6.26 Å². The lowest BCUT2D eigenvalue weighted by atomic mass is 10.2. The molecule has 14 heavy (non-hydrogen) atoms. The van der Waals surface area contributed by atoms with Gasteiger partial charge in [-0.25, -0.2) is 0 Å². The second-order valence-corrected chi connectivity index (χ2v) is 3.48. The van der Waals surface area contributed by atoms with Gasteiger partial charge in [0.15, 0.2) is 0 Å². The van der Waals surface area contributed by atoms with E-state index in [-0.39, 0.29) is 0 Å². The molecule has 0 saturated carbocycles. The van der Waals surface area contributed by atoms with E-state index >= 15 is 0 Å². The van der Waals surface area contributed by atoms with E-state index in [4.69, 9.17) is 4.42 Å². The van der Waals surface area contributed by atoms with E-state index < -0.39 is 0 Å². The summed E-state index contributed by atoms with van der Waals surface area (Å²) in [5, 5.41) is 3.27. The summed E-state index contributed by atoms with van der Waals surface area (Å²) < 4.78 is 5.42. The number of furan rings is 1. The molecular formula is C11H20N2O. The fourth-order valence-electron chi connectivity index (χ4n) is 1.30. The second kappa shape index (κ2) is 5.83. The van der Waals surface area contributed by atoms with Crippen molar-refractivity contribution >= 4 is 0 Å². The molecule has 80 valence electrons. The van der Waals surface area contributed by atoms with Gasteiger partial charge in [-0.2, -0.15) is 0 Å². The lowest BCUT2D eigenvalue weighted by molar-refractivity contribution is 0.340. The molecule has 0 saturated heterocycles. The van der Waals surface area contributed by atoms with Crippen molar-refractivity contribution in [2.75, 3.05) is 20.1 Å². The minimum atomic E-state index is 0.830. The van der Waals surface area contributed by atoms with Crippen LogP contribution in [0.1, 0.15) is 25.2 Å². The van der Waals surface area contributed by atoms with Crippen molar-refractivity contribution in [3.63, 3.8) is 0 Å². The van der Waals surface area contributed by atoms with Gasteiger partial charge in [-0.1, -0.05) is 13.8 Å². The summed E-state index contributed by atoms with van der Waals surface area (Å²) in [6, 6.07) is 2.05. The molecular weight excluding hydrogens is 176 g/mol. The maximum absolute atomic E-state index is 5.42. The third-order valence-electron chi connectivity index (χ3n) is 2.35. The topological polar surface area (TPSA) is 28.4 Å². The Hall–Kier alpha value is -0.800. The standard InChI is InChI=1S/C11H20N2O/c1-4-12-8-11-10(6-7-14-11)9-13(3)5-2/h6-7,12H,4-5,8-9H2,1-3H3. The van der Waals surface area contributed by atoms with Crippen LogP contribution >= 0.6 is 0 Å². The molecule has 0 amide bonds. The van der Waals surface area contributed by atoms with E-state index in [1.807, 2.05) is 0 Å². The van der Waals surface area contributed by atoms with Crippen molar-refractivity contribution in [1.82, 2.24) is 10.2 Å². The molecule has 0 bridgehead atoms. The third kappa shape index (κ3) is 3.16. The van der Waals surface area contributed by atoms with Crippen LogP contribution in [0.2, 0.25) is 0 Å². The van der Waals surface area contributed by atoms with Gasteiger partial charge >= 0.3 is 0 Å². The zero-order valence-electron chi connectivity index (χ0n) is 9.34. The average Bonchev–Trinajstić information content (AvgIpc) is 2.62. The molecule has 0 radical (unpaired) electrons. The van der Waals surface area contributed by atoms with E-state index in [0.29, 0.717) is 0 Å². The van der Waals surface area contributed by atoms with E-state index in [9.17, 15) is 0 Å². The molecule has 1 rings (SSSR count). The zero-order chi connectivity index (χ0) is 10.4. The molecule has 0 unspecified atom stereocenters. The van der Waals surface area contributed by atoms with Crippen LogP contribution in [0, 0.1) is 0 Å². The molecule has 1 aromatic rings. The van der Waals surface area contributed by atoms with Crippen LogP contribution in [0.25, 0.3) is 0 Å². The zero-order valence-corrected chi connectivity index (χ0v) is 9.34. The first-order valence-electron chi connectivity index (χ1n) is 5.22. The predicted molar refractivity (Wildman–Crippen MR) is 58.1 cm³/mol. The molecule has 0 aliphatic carbocycles. The molecule has 3 nitrogen and oxygen atoms in total. The molecule has 1 heterocycles. The van der Waals surface area contributed by atoms with Gasteiger partial charge in [0.2, 0.25) is 0 Å². The van der Waals surface area contributed by atoms with E-state index in [1.165, 1.54) is 5.56 Å². The summed E-state index contributed by atoms with van der Waals surface area (Å²) in [7, 11) is 2.12. The van der Waals surface area contributed by atoms with Crippen LogP contribution in [-0.4, -0.2) is 25.0 Å². The van der Waals surface area contributed by atoms with Crippen LogP contribution in [0.4, 0.5) is 0 Å². The SMILES string of the molecule is CCNCc1occc1CN(C)CC. The van der Waals surface area contributed by atoms with Gasteiger partial charge in [-0.3, -0.25) is 0 Å². The Morgan fingerprint density at radius 2 is 2.21 bits per heavy atom. The van der Waals surface area contributed by atoms with Crippen LogP contribution in [0.3, 0.4) is 0 Å². The summed E-state index contributed by atoms with van der Waals surface area (Å²) in [5.41, 5.74) is 1.29. The van der Waals surface area contributed by atoms with Crippen molar-refractivity contribution < 1.29 is 4.42 Å². The smallest absolute Gasteiger partial charge is 0.122 e. The summed E-state index contributed by atoms with van der Waals surface area (Å²) >= 11 is 0. The minimum absolute atomic E-state index is 0.830. The van der Waals surface area contributed by atoms with Crippen molar-refractivity contribution in [2.45, 2.75) is 26.9 Å². The van der Waals surface area contributed by atoms with Gasteiger partial charge in [0.1, 0.15) is 5.76 Å². The fourth-order valence-corrected chi connectivity index (χ4v) is 1.30. The Balaban J connectivity index is 2.53. The van der Waals surface area contributed by atoms with E-state index in [0.717, 1.165) is 31.9 Å². The maximum Gasteiger partial charge on any atom is 0.122 e. The Morgan fingerprint density at radius 1 is 1.43 bits per heavy atom. The van der Waals surface area contributed by atoms with Gasteiger partial charge in [0.05, 0.1) is 12.8 Å².